The third kappa shape index (κ3) is 6.02. The fourth-order valence-corrected chi connectivity index (χ4v) is 1.55. The van der Waals surface area contributed by atoms with E-state index in [0.29, 0.717) is 12.1 Å². The van der Waals surface area contributed by atoms with Gasteiger partial charge in [-0.15, -0.1) is 0 Å². The molecule has 0 radical (unpaired) electrons. The van der Waals surface area contributed by atoms with E-state index in [9.17, 15) is 9.18 Å². The normalized spacial score (nSPS) is 12.2. The van der Waals surface area contributed by atoms with Crippen molar-refractivity contribution in [3.63, 3.8) is 0 Å². The van der Waals surface area contributed by atoms with Crippen LogP contribution in [0.3, 0.4) is 0 Å². The lowest BCUT2D eigenvalue weighted by atomic mass is 10.1. The summed E-state index contributed by atoms with van der Waals surface area (Å²) in [4.78, 5) is 11.5. The van der Waals surface area contributed by atoms with Crippen molar-refractivity contribution >= 4 is 5.91 Å². The standard InChI is InChI=1S/C13H19FN2O/c1-10(15)4-3-7-16-13(17)9-11-5-2-6-12(14)8-11/h2,5-6,8,10H,3-4,7,9,15H2,1H3,(H,16,17). The van der Waals surface area contributed by atoms with Crippen molar-refractivity contribution < 1.29 is 9.18 Å². The summed E-state index contributed by atoms with van der Waals surface area (Å²) in [6.07, 6.45) is 1.97. The summed E-state index contributed by atoms with van der Waals surface area (Å²) in [5.41, 5.74) is 6.28. The Hall–Kier alpha value is -1.42. The minimum absolute atomic E-state index is 0.0831. The summed E-state index contributed by atoms with van der Waals surface area (Å²) in [7, 11) is 0. The van der Waals surface area contributed by atoms with Gasteiger partial charge < -0.3 is 11.1 Å². The molecule has 1 unspecified atom stereocenters. The molecule has 3 nitrogen and oxygen atoms in total. The van der Waals surface area contributed by atoms with Gasteiger partial charge in [0.15, 0.2) is 0 Å². The summed E-state index contributed by atoms with van der Waals surface area (Å²) < 4.78 is 12.9. The average molecular weight is 238 g/mol. The largest absolute Gasteiger partial charge is 0.356 e. The monoisotopic (exact) mass is 238 g/mol. The summed E-state index contributed by atoms with van der Waals surface area (Å²) in [5, 5.41) is 2.79. The third-order valence-electron chi connectivity index (χ3n) is 2.41. The molecule has 0 saturated heterocycles. The summed E-state index contributed by atoms with van der Waals surface area (Å²) in [6, 6.07) is 6.25. The zero-order chi connectivity index (χ0) is 12.7. The number of rotatable bonds is 6. The minimum Gasteiger partial charge on any atom is -0.356 e. The molecule has 0 fully saturated rings. The molecule has 0 heterocycles. The van der Waals surface area contributed by atoms with E-state index < -0.39 is 0 Å². The molecule has 0 aliphatic rings. The van der Waals surface area contributed by atoms with Crippen LogP contribution < -0.4 is 11.1 Å². The maximum Gasteiger partial charge on any atom is 0.224 e. The maximum atomic E-state index is 12.9. The Bertz CT molecular complexity index is 366. The molecule has 0 aliphatic heterocycles. The second kappa shape index (κ2) is 7.01. The van der Waals surface area contributed by atoms with Crippen molar-refractivity contribution in [2.45, 2.75) is 32.2 Å². The molecule has 1 aromatic carbocycles. The number of benzene rings is 1. The summed E-state index contributed by atoms with van der Waals surface area (Å²) in [5.74, 6) is -0.396. The molecular weight excluding hydrogens is 219 g/mol. The van der Waals surface area contributed by atoms with Crippen LogP contribution in [0.1, 0.15) is 25.3 Å². The number of halogens is 1. The first kappa shape index (κ1) is 13.6. The lowest BCUT2D eigenvalue weighted by Crippen LogP contribution is -2.27. The first-order chi connectivity index (χ1) is 8.08. The van der Waals surface area contributed by atoms with E-state index in [-0.39, 0.29) is 24.2 Å². The smallest absolute Gasteiger partial charge is 0.224 e. The Morgan fingerprint density at radius 2 is 2.29 bits per heavy atom. The molecule has 1 aromatic rings. The summed E-state index contributed by atoms with van der Waals surface area (Å²) in [6.45, 7) is 2.56. The third-order valence-corrected chi connectivity index (χ3v) is 2.41. The SMILES string of the molecule is CC(N)CCCNC(=O)Cc1cccc(F)c1. The molecule has 3 N–H and O–H groups in total. The van der Waals surface area contributed by atoms with E-state index >= 15 is 0 Å². The van der Waals surface area contributed by atoms with Gasteiger partial charge in [0.1, 0.15) is 5.82 Å². The Labute approximate surface area is 101 Å². The van der Waals surface area contributed by atoms with E-state index in [1.165, 1.54) is 12.1 Å². The second-order valence-electron chi connectivity index (χ2n) is 4.28. The summed E-state index contributed by atoms with van der Waals surface area (Å²) >= 11 is 0. The highest BCUT2D eigenvalue weighted by molar-refractivity contribution is 5.78. The van der Waals surface area contributed by atoms with E-state index in [0.717, 1.165) is 12.8 Å². The minimum atomic E-state index is -0.313. The van der Waals surface area contributed by atoms with E-state index in [1.54, 1.807) is 12.1 Å². The van der Waals surface area contributed by atoms with Crippen LogP contribution in [0.25, 0.3) is 0 Å². The van der Waals surface area contributed by atoms with Crippen LogP contribution in [-0.4, -0.2) is 18.5 Å². The van der Waals surface area contributed by atoms with Gasteiger partial charge in [0.25, 0.3) is 0 Å². The number of nitrogens with two attached hydrogens (primary N) is 1. The molecule has 4 heteroatoms. The van der Waals surface area contributed by atoms with Crippen molar-refractivity contribution in [2.24, 2.45) is 5.73 Å². The van der Waals surface area contributed by atoms with Crippen LogP contribution in [0, 0.1) is 5.82 Å². The van der Waals surface area contributed by atoms with Gasteiger partial charge in [0.05, 0.1) is 6.42 Å². The topological polar surface area (TPSA) is 55.1 Å². The van der Waals surface area contributed by atoms with Gasteiger partial charge in [0, 0.05) is 12.6 Å². The van der Waals surface area contributed by atoms with Crippen LogP contribution in [0.4, 0.5) is 4.39 Å². The fourth-order valence-electron chi connectivity index (χ4n) is 1.55. The highest BCUT2D eigenvalue weighted by atomic mass is 19.1. The van der Waals surface area contributed by atoms with Gasteiger partial charge in [-0.3, -0.25) is 4.79 Å². The molecule has 0 bridgehead atoms. The van der Waals surface area contributed by atoms with E-state index in [1.807, 2.05) is 6.92 Å². The van der Waals surface area contributed by atoms with Gasteiger partial charge in [-0.2, -0.15) is 0 Å². The average Bonchev–Trinajstić information content (AvgIpc) is 2.24. The van der Waals surface area contributed by atoms with Gasteiger partial charge >= 0.3 is 0 Å². The Morgan fingerprint density at radius 3 is 2.94 bits per heavy atom. The molecular formula is C13H19FN2O. The zero-order valence-electron chi connectivity index (χ0n) is 10.1. The number of amides is 1. The molecule has 0 spiro atoms. The molecule has 0 aliphatic carbocycles. The lowest BCUT2D eigenvalue weighted by molar-refractivity contribution is -0.120. The number of hydrogen-bond donors (Lipinski definition) is 2. The predicted octanol–water partition coefficient (Wildman–Crippen LogP) is 1.61. The van der Waals surface area contributed by atoms with Crippen LogP contribution in [0.5, 0.6) is 0 Å². The van der Waals surface area contributed by atoms with Gasteiger partial charge in [-0.25, -0.2) is 4.39 Å². The second-order valence-corrected chi connectivity index (χ2v) is 4.28. The first-order valence-corrected chi connectivity index (χ1v) is 5.84. The molecule has 0 saturated carbocycles. The predicted molar refractivity (Wildman–Crippen MR) is 66.0 cm³/mol. The fraction of sp³-hybridized carbons (Fsp3) is 0.462. The van der Waals surface area contributed by atoms with Gasteiger partial charge in [0.2, 0.25) is 5.91 Å². The number of carbonyl (C=O) groups excluding carboxylic acids is 1. The molecule has 1 atom stereocenters. The van der Waals surface area contributed by atoms with E-state index in [4.69, 9.17) is 5.73 Å². The molecule has 17 heavy (non-hydrogen) atoms. The maximum absolute atomic E-state index is 12.9. The van der Waals surface area contributed by atoms with Gasteiger partial charge in [-0.05, 0) is 37.5 Å². The van der Waals surface area contributed by atoms with Gasteiger partial charge in [-0.1, -0.05) is 12.1 Å². The van der Waals surface area contributed by atoms with Crippen LogP contribution in [0.2, 0.25) is 0 Å². The van der Waals surface area contributed by atoms with Crippen molar-refractivity contribution in [3.05, 3.63) is 35.6 Å². The Balaban J connectivity index is 2.25. The molecule has 1 rings (SSSR count). The van der Waals surface area contributed by atoms with Crippen molar-refractivity contribution in [3.8, 4) is 0 Å². The molecule has 1 amide bonds. The van der Waals surface area contributed by atoms with Crippen molar-refractivity contribution in [2.75, 3.05) is 6.54 Å². The first-order valence-electron chi connectivity index (χ1n) is 5.84. The Morgan fingerprint density at radius 1 is 1.53 bits per heavy atom. The molecule has 0 aromatic heterocycles. The number of nitrogens with one attached hydrogen (secondary N) is 1. The number of hydrogen-bond acceptors (Lipinski definition) is 2. The quantitative estimate of drug-likeness (QED) is 0.740. The van der Waals surface area contributed by atoms with Crippen LogP contribution in [0.15, 0.2) is 24.3 Å². The lowest BCUT2D eigenvalue weighted by Gasteiger charge is -2.07. The zero-order valence-corrected chi connectivity index (χ0v) is 10.1. The Kier molecular flexibility index (Phi) is 5.63. The van der Waals surface area contributed by atoms with E-state index in [2.05, 4.69) is 5.32 Å². The molecule has 94 valence electrons. The highest BCUT2D eigenvalue weighted by Crippen LogP contribution is 2.04. The van der Waals surface area contributed by atoms with Crippen molar-refractivity contribution in [1.82, 2.24) is 5.32 Å². The van der Waals surface area contributed by atoms with Crippen LogP contribution >= 0.6 is 0 Å². The van der Waals surface area contributed by atoms with Crippen LogP contribution in [-0.2, 0) is 11.2 Å². The van der Waals surface area contributed by atoms with Crippen molar-refractivity contribution in [1.29, 1.82) is 0 Å². The number of carbonyl (C=O) groups is 1. The highest BCUT2D eigenvalue weighted by Gasteiger charge is 2.03.